The molecule has 0 spiro atoms. The molecule has 0 aliphatic rings. The number of nitrogens with one attached hydrogen (secondary N) is 1. The van der Waals surface area contributed by atoms with E-state index in [1.54, 1.807) is 17.5 Å². The van der Waals surface area contributed by atoms with Gasteiger partial charge in [0, 0.05) is 6.54 Å². The molecule has 1 aromatic rings. The quantitative estimate of drug-likeness (QED) is 0.774. The zero-order valence-corrected chi connectivity index (χ0v) is 9.30. The summed E-state index contributed by atoms with van der Waals surface area (Å²) >= 11 is 1.29. The fourth-order valence-electron chi connectivity index (χ4n) is 0.912. The Hall–Kier alpha value is -1.36. The largest absolute Gasteiger partial charge is 0.451 e. The van der Waals surface area contributed by atoms with Crippen LogP contribution in [0, 0.1) is 0 Å². The molecule has 0 aliphatic heterocycles. The maximum Gasteiger partial charge on any atom is 0.348 e. The van der Waals surface area contributed by atoms with Crippen LogP contribution in [0.3, 0.4) is 0 Å². The standard InChI is InChI=1S/C10H13NO3S/c1-2-5-11-9(12)7-14-10(13)8-4-3-6-15-8/h3-4,6H,2,5,7H2,1H3,(H,11,12). The molecule has 15 heavy (non-hydrogen) atoms. The van der Waals surface area contributed by atoms with Crippen molar-refractivity contribution in [3.05, 3.63) is 22.4 Å². The summed E-state index contributed by atoms with van der Waals surface area (Å²) in [5, 5.41) is 4.41. The van der Waals surface area contributed by atoms with Gasteiger partial charge in [-0.25, -0.2) is 4.79 Å². The smallest absolute Gasteiger partial charge is 0.348 e. The van der Waals surface area contributed by atoms with Gasteiger partial charge in [-0.3, -0.25) is 4.79 Å². The number of thiophene rings is 1. The Balaban J connectivity index is 2.25. The highest BCUT2D eigenvalue weighted by Crippen LogP contribution is 2.09. The molecule has 1 rings (SSSR count). The molecule has 0 aromatic carbocycles. The number of ether oxygens (including phenoxy) is 1. The summed E-state index contributed by atoms with van der Waals surface area (Å²) in [6.07, 6.45) is 0.866. The second kappa shape index (κ2) is 6.19. The van der Waals surface area contributed by atoms with Crippen LogP contribution in [-0.4, -0.2) is 25.0 Å². The Morgan fingerprint density at radius 1 is 1.53 bits per heavy atom. The third-order valence-electron chi connectivity index (χ3n) is 1.63. The summed E-state index contributed by atoms with van der Waals surface area (Å²) in [6, 6.07) is 3.43. The van der Waals surface area contributed by atoms with Crippen molar-refractivity contribution >= 4 is 23.2 Å². The van der Waals surface area contributed by atoms with Gasteiger partial charge in [0.2, 0.25) is 0 Å². The summed E-state index contributed by atoms with van der Waals surface area (Å²) in [5.41, 5.74) is 0. The number of rotatable bonds is 5. The van der Waals surface area contributed by atoms with E-state index in [4.69, 9.17) is 4.74 Å². The minimum Gasteiger partial charge on any atom is -0.451 e. The predicted molar refractivity (Wildman–Crippen MR) is 57.9 cm³/mol. The number of hydrogen-bond donors (Lipinski definition) is 1. The highest BCUT2D eigenvalue weighted by molar-refractivity contribution is 7.11. The Labute approximate surface area is 92.2 Å². The third-order valence-corrected chi connectivity index (χ3v) is 2.48. The maximum atomic E-state index is 11.3. The molecule has 1 heterocycles. The fourth-order valence-corrected chi connectivity index (χ4v) is 1.53. The molecular weight excluding hydrogens is 214 g/mol. The average molecular weight is 227 g/mol. The first-order valence-electron chi connectivity index (χ1n) is 4.71. The lowest BCUT2D eigenvalue weighted by molar-refractivity contribution is -0.124. The SMILES string of the molecule is CCCNC(=O)COC(=O)c1cccs1. The van der Waals surface area contributed by atoms with E-state index in [0.29, 0.717) is 11.4 Å². The van der Waals surface area contributed by atoms with Crippen LogP contribution in [0.4, 0.5) is 0 Å². The normalized spacial score (nSPS) is 9.67. The van der Waals surface area contributed by atoms with Crippen LogP contribution >= 0.6 is 11.3 Å². The molecule has 82 valence electrons. The molecule has 0 atom stereocenters. The molecule has 0 aliphatic carbocycles. The second-order valence-electron chi connectivity index (χ2n) is 2.90. The van der Waals surface area contributed by atoms with Crippen LogP contribution < -0.4 is 5.32 Å². The van der Waals surface area contributed by atoms with Gasteiger partial charge in [0.15, 0.2) is 6.61 Å². The first-order chi connectivity index (χ1) is 7.24. The lowest BCUT2D eigenvalue weighted by Gasteiger charge is -2.03. The summed E-state index contributed by atoms with van der Waals surface area (Å²) in [7, 11) is 0. The number of hydrogen-bond acceptors (Lipinski definition) is 4. The lowest BCUT2D eigenvalue weighted by atomic mass is 10.4. The molecule has 1 aromatic heterocycles. The van der Waals surface area contributed by atoms with Gasteiger partial charge < -0.3 is 10.1 Å². The monoisotopic (exact) mass is 227 g/mol. The number of amides is 1. The number of carbonyl (C=O) groups excluding carboxylic acids is 2. The van der Waals surface area contributed by atoms with Crippen LogP contribution in [-0.2, 0) is 9.53 Å². The van der Waals surface area contributed by atoms with Gasteiger partial charge in [0.05, 0.1) is 0 Å². The number of esters is 1. The van der Waals surface area contributed by atoms with Crippen molar-refractivity contribution in [2.24, 2.45) is 0 Å². The van der Waals surface area contributed by atoms with Gasteiger partial charge in [-0.05, 0) is 17.9 Å². The van der Waals surface area contributed by atoms with Gasteiger partial charge in [-0.15, -0.1) is 11.3 Å². The molecule has 0 radical (unpaired) electrons. The molecule has 0 saturated carbocycles. The van der Waals surface area contributed by atoms with E-state index in [1.165, 1.54) is 11.3 Å². The number of carbonyl (C=O) groups is 2. The molecular formula is C10H13NO3S. The molecule has 0 bridgehead atoms. The molecule has 5 heteroatoms. The van der Waals surface area contributed by atoms with E-state index < -0.39 is 5.97 Å². The van der Waals surface area contributed by atoms with Crippen molar-refractivity contribution in [1.82, 2.24) is 5.32 Å². The van der Waals surface area contributed by atoms with Gasteiger partial charge in [-0.2, -0.15) is 0 Å². The first-order valence-corrected chi connectivity index (χ1v) is 5.59. The zero-order chi connectivity index (χ0) is 11.1. The Morgan fingerprint density at radius 2 is 2.33 bits per heavy atom. The van der Waals surface area contributed by atoms with Crippen molar-refractivity contribution in [2.45, 2.75) is 13.3 Å². The molecule has 0 saturated heterocycles. The highest BCUT2D eigenvalue weighted by atomic mass is 32.1. The molecule has 0 fully saturated rings. The Kier molecular flexibility index (Phi) is 4.83. The van der Waals surface area contributed by atoms with Crippen molar-refractivity contribution in [3.63, 3.8) is 0 Å². The third kappa shape index (κ3) is 4.12. The van der Waals surface area contributed by atoms with Gasteiger partial charge in [0.25, 0.3) is 5.91 Å². The van der Waals surface area contributed by atoms with Crippen LogP contribution in [0.15, 0.2) is 17.5 Å². The summed E-state index contributed by atoms with van der Waals surface area (Å²) < 4.78 is 4.80. The van der Waals surface area contributed by atoms with Crippen molar-refractivity contribution in [1.29, 1.82) is 0 Å². The molecule has 0 unspecified atom stereocenters. The Morgan fingerprint density at radius 3 is 2.93 bits per heavy atom. The van der Waals surface area contributed by atoms with Crippen LogP contribution in [0.1, 0.15) is 23.0 Å². The molecule has 1 N–H and O–H groups in total. The van der Waals surface area contributed by atoms with E-state index in [2.05, 4.69) is 5.32 Å². The summed E-state index contributed by atoms with van der Waals surface area (Å²) in [5.74, 6) is -0.710. The van der Waals surface area contributed by atoms with E-state index in [9.17, 15) is 9.59 Å². The lowest BCUT2D eigenvalue weighted by Crippen LogP contribution is -2.29. The summed E-state index contributed by atoms with van der Waals surface area (Å²) in [4.78, 5) is 22.9. The van der Waals surface area contributed by atoms with E-state index >= 15 is 0 Å². The van der Waals surface area contributed by atoms with Crippen molar-refractivity contribution in [2.75, 3.05) is 13.2 Å². The second-order valence-corrected chi connectivity index (χ2v) is 3.85. The average Bonchev–Trinajstić information content (AvgIpc) is 2.76. The van der Waals surface area contributed by atoms with Gasteiger partial charge >= 0.3 is 5.97 Å². The Bertz CT molecular complexity index is 321. The van der Waals surface area contributed by atoms with Crippen LogP contribution in [0.2, 0.25) is 0 Å². The van der Waals surface area contributed by atoms with Crippen LogP contribution in [0.5, 0.6) is 0 Å². The molecule has 4 nitrogen and oxygen atoms in total. The van der Waals surface area contributed by atoms with Crippen molar-refractivity contribution in [3.8, 4) is 0 Å². The highest BCUT2D eigenvalue weighted by Gasteiger charge is 2.09. The zero-order valence-electron chi connectivity index (χ0n) is 8.49. The van der Waals surface area contributed by atoms with Gasteiger partial charge in [0.1, 0.15) is 4.88 Å². The van der Waals surface area contributed by atoms with Crippen LogP contribution in [0.25, 0.3) is 0 Å². The van der Waals surface area contributed by atoms with Gasteiger partial charge in [-0.1, -0.05) is 13.0 Å². The van der Waals surface area contributed by atoms with E-state index in [-0.39, 0.29) is 12.5 Å². The fraction of sp³-hybridized carbons (Fsp3) is 0.400. The minimum atomic E-state index is -0.448. The van der Waals surface area contributed by atoms with Crippen molar-refractivity contribution < 1.29 is 14.3 Å². The predicted octanol–water partition coefficient (Wildman–Crippen LogP) is 1.43. The molecule has 1 amide bonds. The first kappa shape index (κ1) is 11.7. The van der Waals surface area contributed by atoms with E-state index in [1.807, 2.05) is 6.92 Å². The summed E-state index contributed by atoms with van der Waals surface area (Å²) in [6.45, 7) is 2.35. The minimum absolute atomic E-state index is 0.212. The van der Waals surface area contributed by atoms with E-state index in [0.717, 1.165) is 6.42 Å². The maximum absolute atomic E-state index is 11.3. The topological polar surface area (TPSA) is 55.4 Å².